The molecule has 0 aromatic carbocycles. The van der Waals surface area contributed by atoms with Crippen molar-refractivity contribution in [3.05, 3.63) is 0 Å². The molecule has 0 amide bonds. The van der Waals surface area contributed by atoms with E-state index >= 15 is 0 Å². The molecule has 3 nitrogen and oxygen atoms in total. The van der Waals surface area contributed by atoms with Crippen molar-refractivity contribution >= 4 is 9.04 Å². The first-order valence-electron chi connectivity index (χ1n) is 4.47. The molecule has 0 fully saturated rings. The van der Waals surface area contributed by atoms with E-state index in [1.165, 1.54) is 0 Å². The lowest BCUT2D eigenvalue weighted by Crippen LogP contribution is -2.36. The molecule has 0 N–H and O–H groups in total. The van der Waals surface area contributed by atoms with Crippen molar-refractivity contribution in [1.29, 1.82) is 0 Å². The summed E-state index contributed by atoms with van der Waals surface area (Å²) in [5.41, 5.74) is 0. The van der Waals surface area contributed by atoms with Crippen molar-refractivity contribution in [2.45, 2.75) is 32.2 Å². The molecule has 1 atom stereocenters. The van der Waals surface area contributed by atoms with Gasteiger partial charge in [0.25, 0.3) is 0 Å². The molecule has 0 spiro atoms. The predicted molar refractivity (Wildman–Crippen MR) is 51.7 cm³/mol. The van der Waals surface area contributed by atoms with Gasteiger partial charge in [0, 0.05) is 20.8 Å². The smallest absolute Gasteiger partial charge is 0.237 e. The normalized spacial score (nSPS) is 13.8. The molecular formula is C8H20O3Si. The summed E-state index contributed by atoms with van der Waals surface area (Å²) >= 11 is 0. The molecule has 74 valence electrons. The Balaban J connectivity index is 3.75. The summed E-state index contributed by atoms with van der Waals surface area (Å²) in [5, 5.41) is 0. The van der Waals surface area contributed by atoms with Crippen LogP contribution in [0.25, 0.3) is 0 Å². The molecule has 0 aliphatic heterocycles. The van der Waals surface area contributed by atoms with Crippen LogP contribution in [0.4, 0.5) is 0 Å². The summed E-state index contributed by atoms with van der Waals surface area (Å²) in [6.07, 6.45) is 1.06. The molecule has 0 saturated heterocycles. The number of hydrogen-bond acceptors (Lipinski definition) is 3. The molecule has 0 aromatic heterocycles. The Hall–Kier alpha value is 0.0969. The maximum absolute atomic E-state index is 5.67. The zero-order chi connectivity index (χ0) is 9.40. The Labute approximate surface area is 76.7 Å². The minimum Gasteiger partial charge on any atom is -0.414 e. The molecule has 12 heavy (non-hydrogen) atoms. The van der Waals surface area contributed by atoms with E-state index in [9.17, 15) is 0 Å². The predicted octanol–water partition coefficient (Wildman–Crippen LogP) is 1.31. The van der Waals surface area contributed by atoms with Gasteiger partial charge in [0.1, 0.15) is 0 Å². The van der Waals surface area contributed by atoms with E-state index in [1.807, 2.05) is 0 Å². The van der Waals surface area contributed by atoms with Crippen LogP contribution in [-0.4, -0.2) is 35.8 Å². The van der Waals surface area contributed by atoms with Crippen LogP contribution in [0.2, 0.25) is 6.04 Å². The van der Waals surface area contributed by atoms with Gasteiger partial charge in [-0.1, -0.05) is 13.8 Å². The Morgan fingerprint density at radius 1 is 1.17 bits per heavy atom. The zero-order valence-corrected chi connectivity index (χ0v) is 9.66. The quantitative estimate of drug-likeness (QED) is 0.450. The molecule has 4 heteroatoms. The van der Waals surface area contributed by atoms with Gasteiger partial charge in [-0.05, 0) is 12.5 Å². The van der Waals surface area contributed by atoms with Crippen LogP contribution in [0.15, 0.2) is 0 Å². The number of rotatable bonds is 7. The highest BCUT2D eigenvalue weighted by Crippen LogP contribution is 2.05. The first-order chi connectivity index (χ1) is 5.79. The largest absolute Gasteiger partial charge is 0.414 e. The SMILES string of the molecule is CCCO[SiH](CC)C(OC)OC. The monoisotopic (exact) mass is 192 g/mol. The second-order valence-electron chi connectivity index (χ2n) is 2.66. The maximum Gasteiger partial charge on any atom is 0.237 e. The average Bonchev–Trinajstić information content (AvgIpc) is 2.12. The van der Waals surface area contributed by atoms with Crippen LogP contribution >= 0.6 is 0 Å². The molecule has 1 unspecified atom stereocenters. The number of ether oxygens (including phenoxy) is 2. The molecular weight excluding hydrogens is 172 g/mol. The standard InChI is InChI=1S/C8H20O3Si/c1-5-7-11-12(6-2)8(9-3)10-4/h8,12H,5-7H2,1-4H3. The first kappa shape index (κ1) is 12.1. The average molecular weight is 192 g/mol. The second-order valence-corrected chi connectivity index (χ2v) is 5.43. The third-order valence-electron chi connectivity index (χ3n) is 1.71. The lowest BCUT2D eigenvalue weighted by Gasteiger charge is -2.21. The van der Waals surface area contributed by atoms with Gasteiger partial charge in [-0.2, -0.15) is 0 Å². The van der Waals surface area contributed by atoms with Crippen LogP contribution in [0.1, 0.15) is 20.3 Å². The van der Waals surface area contributed by atoms with Crippen LogP contribution in [0, 0.1) is 0 Å². The second kappa shape index (κ2) is 7.73. The number of hydrogen-bond donors (Lipinski definition) is 0. The molecule has 0 heterocycles. The van der Waals surface area contributed by atoms with E-state index in [0.717, 1.165) is 19.1 Å². The molecule has 0 aliphatic rings. The van der Waals surface area contributed by atoms with Gasteiger partial charge < -0.3 is 13.9 Å². The van der Waals surface area contributed by atoms with Gasteiger partial charge in [-0.25, -0.2) is 0 Å². The van der Waals surface area contributed by atoms with Crippen molar-refractivity contribution in [3.63, 3.8) is 0 Å². The van der Waals surface area contributed by atoms with Crippen LogP contribution < -0.4 is 0 Å². The highest BCUT2D eigenvalue weighted by Gasteiger charge is 2.21. The summed E-state index contributed by atoms with van der Waals surface area (Å²) < 4.78 is 16.0. The van der Waals surface area contributed by atoms with Gasteiger partial charge in [0.15, 0.2) is 5.91 Å². The molecule has 0 rings (SSSR count). The fraction of sp³-hybridized carbons (Fsp3) is 1.00. The van der Waals surface area contributed by atoms with Crippen LogP contribution in [-0.2, 0) is 13.9 Å². The van der Waals surface area contributed by atoms with Crippen molar-refractivity contribution in [1.82, 2.24) is 0 Å². The Morgan fingerprint density at radius 3 is 2.08 bits per heavy atom. The van der Waals surface area contributed by atoms with Crippen LogP contribution in [0.5, 0.6) is 0 Å². The topological polar surface area (TPSA) is 27.7 Å². The van der Waals surface area contributed by atoms with Crippen molar-refractivity contribution in [3.8, 4) is 0 Å². The molecule has 0 radical (unpaired) electrons. The highest BCUT2D eigenvalue weighted by molar-refractivity contribution is 6.52. The van der Waals surface area contributed by atoms with E-state index in [0.29, 0.717) is 0 Å². The molecule has 0 aliphatic carbocycles. The van der Waals surface area contributed by atoms with E-state index in [2.05, 4.69) is 13.8 Å². The molecule has 0 saturated carbocycles. The van der Waals surface area contributed by atoms with Gasteiger partial charge in [0.05, 0.1) is 0 Å². The molecule has 0 aromatic rings. The Kier molecular flexibility index (Phi) is 7.79. The zero-order valence-electron chi connectivity index (χ0n) is 8.50. The summed E-state index contributed by atoms with van der Waals surface area (Å²) in [5.74, 6) is -0.0958. The lowest BCUT2D eigenvalue weighted by molar-refractivity contribution is -0.0576. The van der Waals surface area contributed by atoms with Crippen LogP contribution in [0.3, 0.4) is 0 Å². The maximum atomic E-state index is 5.67. The first-order valence-corrected chi connectivity index (χ1v) is 6.42. The highest BCUT2D eigenvalue weighted by atomic mass is 28.3. The number of methoxy groups -OCH3 is 2. The van der Waals surface area contributed by atoms with E-state index in [1.54, 1.807) is 14.2 Å². The summed E-state index contributed by atoms with van der Waals surface area (Å²) in [6, 6.07) is 1.05. The fourth-order valence-electron chi connectivity index (χ4n) is 1.06. The van der Waals surface area contributed by atoms with Gasteiger partial charge in [-0.15, -0.1) is 0 Å². The minimum absolute atomic E-state index is 0.0958. The Morgan fingerprint density at radius 2 is 1.75 bits per heavy atom. The van der Waals surface area contributed by atoms with E-state index < -0.39 is 9.04 Å². The van der Waals surface area contributed by atoms with Gasteiger partial charge in [-0.3, -0.25) is 0 Å². The van der Waals surface area contributed by atoms with E-state index in [4.69, 9.17) is 13.9 Å². The Bertz CT molecular complexity index is 96.3. The third-order valence-corrected chi connectivity index (χ3v) is 4.33. The van der Waals surface area contributed by atoms with Crippen molar-refractivity contribution in [2.75, 3.05) is 20.8 Å². The molecule has 0 bridgehead atoms. The van der Waals surface area contributed by atoms with Gasteiger partial charge >= 0.3 is 0 Å². The summed E-state index contributed by atoms with van der Waals surface area (Å²) in [4.78, 5) is 0. The lowest BCUT2D eigenvalue weighted by atomic mass is 10.5. The van der Waals surface area contributed by atoms with Gasteiger partial charge in [0.2, 0.25) is 9.04 Å². The van der Waals surface area contributed by atoms with E-state index in [-0.39, 0.29) is 5.91 Å². The van der Waals surface area contributed by atoms with Crippen molar-refractivity contribution in [2.24, 2.45) is 0 Å². The fourth-order valence-corrected chi connectivity index (χ4v) is 2.98. The summed E-state index contributed by atoms with van der Waals surface area (Å²) in [7, 11) is 2.04. The third kappa shape index (κ3) is 4.20. The summed E-state index contributed by atoms with van der Waals surface area (Å²) in [6.45, 7) is 5.06. The van der Waals surface area contributed by atoms with Crippen molar-refractivity contribution < 1.29 is 13.9 Å². The minimum atomic E-state index is -1.29.